The van der Waals surface area contributed by atoms with Crippen LogP contribution in [0.4, 0.5) is 15.6 Å². The Labute approximate surface area is 146 Å². The molecule has 0 unspecified atom stereocenters. The van der Waals surface area contributed by atoms with Gasteiger partial charge in [0.15, 0.2) is 5.13 Å². The molecule has 0 aliphatic carbocycles. The number of anilines is 2. The van der Waals surface area contributed by atoms with Crippen molar-refractivity contribution in [3.05, 3.63) is 52.2 Å². The van der Waals surface area contributed by atoms with Gasteiger partial charge < -0.3 is 10.5 Å². The predicted molar refractivity (Wildman–Crippen MR) is 94.9 cm³/mol. The molecule has 1 aromatic carbocycles. The molecular formula is C16H13N3O3S2. The molecule has 2 heterocycles. The maximum atomic E-state index is 12.0. The molecule has 6 nitrogen and oxygen atoms in total. The number of thiophene rings is 1. The fourth-order valence-corrected chi connectivity index (χ4v) is 3.79. The van der Waals surface area contributed by atoms with Crippen molar-refractivity contribution in [2.45, 2.75) is 0 Å². The van der Waals surface area contributed by atoms with E-state index in [9.17, 15) is 9.59 Å². The van der Waals surface area contributed by atoms with Crippen LogP contribution in [0.15, 0.2) is 47.3 Å². The number of thiazole rings is 1. The lowest BCUT2D eigenvalue weighted by molar-refractivity contribution is 0.0607. The highest BCUT2D eigenvalue weighted by Gasteiger charge is 2.24. The number of nitrogens with zero attached hydrogens (tertiary/aromatic N) is 2. The Hall–Kier alpha value is -2.71. The van der Waals surface area contributed by atoms with E-state index in [1.165, 1.54) is 34.7 Å². The van der Waals surface area contributed by atoms with E-state index in [1.807, 2.05) is 18.2 Å². The molecule has 2 amide bonds. The molecule has 8 heteroatoms. The molecule has 3 aromatic rings. The van der Waals surface area contributed by atoms with Crippen molar-refractivity contribution >= 4 is 45.5 Å². The molecule has 0 aliphatic rings. The minimum absolute atomic E-state index is 0.422. The van der Waals surface area contributed by atoms with Crippen LogP contribution in [0.1, 0.15) is 9.67 Å². The number of ether oxygens (including phenoxy) is 1. The van der Waals surface area contributed by atoms with Crippen molar-refractivity contribution in [1.82, 2.24) is 4.98 Å². The van der Waals surface area contributed by atoms with Gasteiger partial charge in [-0.25, -0.2) is 19.5 Å². The number of para-hydroxylation sites is 1. The first-order chi connectivity index (χ1) is 11.6. The lowest BCUT2D eigenvalue weighted by Gasteiger charge is -2.20. The standard InChI is InChI=1S/C16H13N3O3S2/c1-22-14(20)13-11(6-8-23-13)10-4-2-3-5-12(10)19(15(17)21)16-18-7-9-24-16/h2-9H,1H3,(H2,17,21). The molecule has 0 bridgehead atoms. The second-order valence-electron chi connectivity index (χ2n) is 4.66. The fraction of sp³-hybridized carbons (Fsp3) is 0.0625. The van der Waals surface area contributed by atoms with E-state index in [-0.39, 0.29) is 0 Å². The molecule has 0 aliphatic heterocycles. The Morgan fingerprint density at radius 3 is 2.58 bits per heavy atom. The lowest BCUT2D eigenvalue weighted by atomic mass is 10.0. The Kier molecular flexibility index (Phi) is 4.59. The minimum atomic E-state index is -0.646. The zero-order valence-corrected chi connectivity index (χ0v) is 14.3. The van der Waals surface area contributed by atoms with Gasteiger partial charge in [-0.15, -0.1) is 22.7 Å². The molecular weight excluding hydrogens is 346 g/mol. The second-order valence-corrected chi connectivity index (χ2v) is 6.45. The van der Waals surface area contributed by atoms with Gasteiger partial charge in [-0.05, 0) is 17.5 Å². The number of hydrogen-bond acceptors (Lipinski definition) is 6. The van der Waals surface area contributed by atoms with Crippen LogP contribution in [-0.2, 0) is 4.74 Å². The highest BCUT2D eigenvalue weighted by Crippen LogP contribution is 2.39. The summed E-state index contributed by atoms with van der Waals surface area (Å²) in [7, 11) is 1.34. The third-order valence-electron chi connectivity index (χ3n) is 3.30. The van der Waals surface area contributed by atoms with E-state index in [1.54, 1.807) is 29.1 Å². The van der Waals surface area contributed by atoms with Crippen LogP contribution < -0.4 is 10.6 Å². The normalized spacial score (nSPS) is 10.4. The third kappa shape index (κ3) is 2.89. The van der Waals surface area contributed by atoms with Gasteiger partial charge in [0, 0.05) is 22.7 Å². The number of esters is 1. The van der Waals surface area contributed by atoms with Gasteiger partial charge >= 0.3 is 12.0 Å². The van der Waals surface area contributed by atoms with Gasteiger partial charge in [0.2, 0.25) is 0 Å². The number of amides is 2. The van der Waals surface area contributed by atoms with Gasteiger partial charge in [-0.3, -0.25) is 0 Å². The highest BCUT2D eigenvalue weighted by molar-refractivity contribution is 7.14. The lowest BCUT2D eigenvalue weighted by Crippen LogP contribution is -2.31. The van der Waals surface area contributed by atoms with Crippen molar-refractivity contribution in [2.75, 3.05) is 12.0 Å². The quantitative estimate of drug-likeness (QED) is 0.717. The molecule has 0 saturated heterocycles. The van der Waals surface area contributed by atoms with Crippen molar-refractivity contribution in [1.29, 1.82) is 0 Å². The topological polar surface area (TPSA) is 85.5 Å². The van der Waals surface area contributed by atoms with E-state index in [0.717, 1.165) is 0 Å². The molecule has 24 heavy (non-hydrogen) atoms. The van der Waals surface area contributed by atoms with Crippen LogP contribution in [0.25, 0.3) is 11.1 Å². The maximum absolute atomic E-state index is 12.0. The number of primary amides is 1. The number of benzene rings is 1. The van der Waals surface area contributed by atoms with Crippen LogP contribution in [0.5, 0.6) is 0 Å². The molecule has 2 N–H and O–H groups in total. The summed E-state index contributed by atoms with van der Waals surface area (Å²) in [4.78, 5) is 30.0. The van der Waals surface area contributed by atoms with Crippen LogP contribution in [0.3, 0.4) is 0 Å². The number of hydrogen-bond donors (Lipinski definition) is 1. The summed E-state index contributed by atoms with van der Waals surface area (Å²) >= 11 is 2.58. The smallest absolute Gasteiger partial charge is 0.348 e. The molecule has 0 fully saturated rings. The average molecular weight is 359 g/mol. The van der Waals surface area contributed by atoms with Gasteiger partial charge in [0.1, 0.15) is 4.88 Å². The summed E-state index contributed by atoms with van der Waals surface area (Å²) in [6.45, 7) is 0. The average Bonchev–Trinajstić information content (AvgIpc) is 3.26. The first kappa shape index (κ1) is 16.2. The minimum Gasteiger partial charge on any atom is -0.465 e. The molecule has 0 saturated carbocycles. The molecule has 2 aromatic heterocycles. The van der Waals surface area contributed by atoms with Gasteiger partial charge in [0.05, 0.1) is 12.8 Å². The van der Waals surface area contributed by atoms with E-state index in [4.69, 9.17) is 10.5 Å². The van der Waals surface area contributed by atoms with Crippen LogP contribution >= 0.6 is 22.7 Å². The number of urea groups is 1. The Bertz CT molecular complexity index is 874. The van der Waals surface area contributed by atoms with Crippen molar-refractivity contribution < 1.29 is 14.3 Å². The zero-order chi connectivity index (χ0) is 17.1. The second kappa shape index (κ2) is 6.81. The van der Waals surface area contributed by atoms with Gasteiger partial charge in [-0.1, -0.05) is 18.2 Å². The van der Waals surface area contributed by atoms with Gasteiger partial charge in [-0.2, -0.15) is 0 Å². The first-order valence-corrected chi connectivity index (χ1v) is 8.63. The summed E-state index contributed by atoms with van der Waals surface area (Å²) in [6.07, 6.45) is 1.60. The SMILES string of the molecule is COC(=O)c1sccc1-c1ccccc1N(C(N)=O)c1nccs1. The predicted octanol–water partition coefficient (Wildman–Crippen LogP) is 3.88. The van der Waals surface area contributed by atoms with Crippen molar-refractivity contribution in [3.8, 4) is 11.1 Å². The van der Waals surface area contributed by atoms with Gasteiger partial charge in [0.25, 0.3) is 0 Å². The summed E-state index contributed by atoms with van der Waals surface area (Å²) in [5, 5.41) is 4.03. The van der Waals surface area contributed by atoms with Crippen molar-refractivity contribution in [2.24, 2.45) is 5.73 Å². The molecule has 0 radical (unpaired) electrons. The van der Waals surface area contributed by atoms with Crippen molar-refractivity contribution in [3.63, 3.8) is 0 Å². The maximum Gasteiger partial charge on any atom is 0.348 e. The van der Waals surface area contributed by atoms with E-state index >= 15 is 0 Å². The number of nitrogens with two attached hydrogens (primary N) is 1. The van der Waals surface area contributed by atoms with Crippen LogP contribution in [-0.4, -0.2) is 24.1 Å². The summed E-state index contributed by atoms with van der Waals surface area (Å²) in [6, 6.07) is 8.39. The Balaban J connectivity index is 2.17. The largest absolute Gasteiger partial charge is 0.465 e. The highest BCUT2D eigenvalue weighted by atomic mass is 32.1. The number of carbonyl (C=O) groups excluding carboxylic acids is 2. The number of rotatable bonds is 4. The van der Waals surface area contributed by atoms with Crippen LogP contribution in [0, 0.1) is 0 Å². The monoisotopic (exact) mass is 359 g/mol. The molecule has 122 valence electrons. The zero-order valence-electron chi connectivity index (χ0n) is 12.6. The molecule has 3 rings (SSSR count). The third-order valence-corrected chi connectivity index (χ3v) is 4.95. The molecule has 0 atom stereocenters. The van der Waals surface area contributed by atoms with E-state index in [2.05, 4.69) is 4.98 Å². The first-order valence-electron chi connectivity index (χ1n) is 6.87. The summed E-state index contributed by atoms with van der Waals surface area (Å²) in [5.41, 5.74) is 7.52. The van der Waals surface area contributed by atoms with E-state index in [0.29, 0.717) is 26.8 Å². The Morgan fingerprint density at radius 1 is 1.12 bits per heavy atom. The van der Waals surface area contributed by atoms with E-state index < -0.39 is 12.0 Å². The number of aromatic nitrogens is 1. The summed E-state index contributed by atoms with van der Waals surface area (Å²) in [5.74, 6) is -0.422. The summed E-state index contributed by atoms with van der Waals surface area (Å²) < 4.78 is 4.83. The fourth-order valence-electron chi connectivity index (χ4n) is 2.31. The number of carbonyl (C=O) groups is 2. The number of methoxy groups -OCH3 is 1. The molecule has 0 spiro atoms. The van der Waals surface area contributed by atoms with Crippen LogP contribution in [0.2, 0.25) is 0 Å². The Morgan fingerprint density at radius 2 is 1.92 bits per heavy atom.